The zero-order chi connectivity index (χ0) is 17.0. The van der Waals surface area contributed by atoms with E-state index in [0.29, 0.717) is 17.0 Å². The number of nitro groups is 1. The highest BCUT2D eigenvalue weighted by Gasteiger charge is 2.15. The quantitative estimate of drug-likeness (QED) is 0.629. The summed E-state index contributed by atoms with van der Waals surface area (Å²) in [4.78, 5) is 22.4. The van der Waals surface area contributed by atoms with Gasteiger partial charge in [0.2, 0.25) is 0 Å². The zero-order valence-electron chi connectivity index (χ0n) is 12.6. The van der Waals surface area contributed by atoms with Crippen molar-refractivity contribution in [2.45, 2.75) is 13.8 Å². The van der Waals surface area contributed by atoms with Crippen LogP contribution in [0.1, 0.15) is 11.1 Å². The fourth-order valence-electron chi connectivity index (χ4n) is 2.01. The second-order valence-electron chi connectivity index (χ2n) is 4.98. The number of hydrogen-bond acceptors (Lipinski definition) is 4. The third-order valence-electron chi connectivity index (χ3n) is 3.22. The van der Waals surface area contributed by atoms with E-state index >= 15 is 0 Å². The molecule has 0 saturated heterocycles. The number of anilines is 1. The van der Waals surface area contributed by atoms with Crippen LogP contribution in [0.3, 0.4) is 0 Å². The van der Waals surface area contributed by atoms with E-state index in [-0.39, 0.29) is 18.2 Å². The van der Waals surface area contributed by atoms with Crippen molar-refractivity contribution in [3.05, 3.63) is 62.1 Å². The minimum absolute atomic E-state index is 0.0370. The Morgan fingerprint density at radius 1 is 1.30 bits per heavy atom. The van der Waals surface area contributed by atoms with Crippen molar-refractivity contribution in [2.24, 2.45) is 0 Å². The molecule has 0 bridgehead atoms. The van der Waals surface area contributed by atoms with E-state index in [0.717, 1.165) is 10.0 Å². The third-order valence-corrected chi connectivity index (χ3v) is 3.84. The van der Waals surface area contributed by atoms with Gasteiger partial charge in [0.1, 0.15) is 5.75 Å². The smallest absolute Gasteiger partial charge is 0.274 e. The number of ether oxygens (including phenoxy) is 1. The van der Waals surface area contributed by atoms with Crippen molar-refractivity contribution < 1.29 is 14.5 Å². The van der Waals surface area contributed by atoms with E-state index in [2.05, 4.69) is 21.2 Å². The van der Waals surface area contributed by atoms with Gasteiger partial charge < -0.3 is 10.1 Å². The Balaban J connectivity index is 2.03. The third kappa shape index (κ3) is 4.29. The van der Waals surface area contributed by atoms with Gasteiger partial charge in [0.25, 0.3) is 11.6 Å². The Morgan fingerprint density at radius 2 is 2.04 bits per heavy atom. The van der Waals surface area contributed by atoms with Crippen LogP contribution >= 0.6 is 15.9 Å². The Bertz CT molecular complexity index is 762. The van der Waals surface area contributed by atoms with Crippen LogP contribution in [0.4, 0.5) is 11.4 Å². The molecule has 1 N–H and O–H groups in total. The number of rotatable bonds is 5. The number of nitrogens with one attached hydrogen (secondary N) is 1. The normalized spacial score (nSPS) is 10.2. The van der Waals surface area contributed by atoms with Gasteiger partial charge >= 0.3 is 0 Å². The first-order chi connectivity index (χ1) is 10.9. The fraction of sp³-hybridized carbons (Fsp3) is 0.188. The van der Waals surface area contributed by atoms with Crippen LogP contribution in [0.2, 0.25) is 0 Å². The molecule has 2 aromatic rings. The highest BCUT2D eigenvalue weighted by Crippen LogP contribution is 2.26. The van der Waals surface area contributed by atoms with E-state index in [4.69, 9.17) is 4.74 Å². The molecule has 0 aromatic heterocycles. The van der Waals surface area contributed by atoms with Crippen molar-refractivity contribution in [1.82, 2.24) is 0 Å². The van der Waals surface area contributed by atoms with Gasteiger partial charge in [-0.3, -0.25) is 14.9 Å². The number of nitro benzene ring substituents is 1. The number of amides is 1. The summed E-state index contributed by atoms with van der Waals surface area (Å²) in [6.45, 7) is 3.35. The second-order valence-corrected chi connectivity index (χ2v) is 5.83. The number of carbonyl (C=O) groups excluding carboxylic acids is 1. The second kappa shape index (κ2) is 7.23. The fourth-order valence-corrected chi connectivity index (χ4v) is 2.62. The lowest BCUT2D eigenvalue weighted by atomic mass is 10.1. The SMILES string of the molecule is Cc1ccc(OCC(=O)Nc2cccc([N+](=O)[O-])c2C)c(Br)c1. The molecule has 7 heteroatoms. The Labute approximate surface area is 141 Å². The first kappa shape index (κ1) is 17.0. The summed E-state index contributed by atoms with van der Waals surface area (Å²) in [5.74, 6) is 0.169. The molecule has 6 nitrogen and oxygen atoms in total. The predicted octanol–water partition coefficient (Wildman–Crippen LogP) is 3.99. The molecule has 0 aliphatic carbocycles. The van der Waals surface area contributed by atoms with Gasteiger partial charge in [-0.2, -0.15) is 0 Å². The average molecular weight is 379 g/mol. The number of carbonyl (C=O) groups is 1. The van der Waals surface area contributed by atoms with E-state index in [1.54, 1.807) is 19.1 Å². The first-order valence-corrected chi connectivity index (χ1v) is 7.60. The maximum absolute atomic E-state index is 12.0. The first-order valence-electron chi connectivity index (χ1n) is 6.81. The van der Waals surface area contributed by atoms with Gasteiger partial charge in [-0.05, 0) is 53.5 Å². The highest BCUT2D eigenvalue weighted by atomic mass is 79.9. The van der Waals surface area contributed by atoms with Crippen LogP contribution in [-0.4, -0.2) is 17.4 Å². The summed E-state index contributed by atoms with van der Waals surface area (Å²) in [6.07, 6.45) is 0. The molecule has 2 aromatic carbocycles. The summed E-state index contributed by atoms with van der Waals surface area (Å²) < 4.78 is 6.21. The lowest BCUT2D eigenvalue weighted by Crippen LogP contribution is -2.21. The Morgan fingerprint density at radius 3 is 2.70 bits per heavy atom. The van der Waals surface area contributed by atoms with Gasteiger partial charge in [0, 0.05) is 6.07 Å². The molecule has 0 spiro atoms. The summed E-state index contributed by atoms with van der Waals surface area (Å²) in [5, 5.41) is 13.5. The van der Waals surface area contributed by atoms with Gasteiger partial charge in [-0.1, -0.05) is 12.1 Å². The molecule has 23 heavy (non-hydrogen) atoms. The van der Waals surface area contributed by atoms with Gasteiger partial charge in [0.15, 0.2) is 6.61 Å². The van der Waals surface area contributed by atoms with Crippen molar-refractivity contribution in [3.8, 4) is 5.75 Å². The minimum Gasteiger partial charge on any atom is -0.483 e. The number of nitrogens with zero attached hydrogens (tertiary/aromatic N) is 1. The van der Waals surface area contributed by atoms with Crippen LogP contribution < -0.4 is 10.1 Å². The molecule has 0 aliphatic heterocycles. The molecule has 0 atom stereocenters. The van der Waals surface area contributed by atoms with Crippen LogP contribution in [0.25, 0.3) is 0 Å². The van der Waals surface area contributed by atoms with Gasteiger partial charge in [-0.25, -0.2) is 0 Å². The van der Waals surface area contributed by atoms with Gasteiger partial charge in [0.05, 0.1) is 20.6 Å². The molecule has 0 fully saturated rings. The van der Waals surface area contributed by atoms with E-state index in [9.17, 15) is 14.9 Å². The van der Waals surface area contributed by atoms with E-state index in [1.807, 2.05) is 19.1 Å². The van der Waals surface area contributed by atoms with Crippen molar-refractivity contribution in [1.29, 1.82) is 0 Å². The van der Waals surface area contributed by atoms with Crippen LogP contribution in [0.15, 0.2) is 40.9 Å². The minimum atomic E-state index is -0.481. The molecule has 0 radical (unpaired) electrons. The van der Waals surface area contributed by atoms with Crippen molar-refractivity contribution in [2.75, 3.05) is 11.9 Å². The topological polar surface area (TPSA) is 81.5 Å². The number of halogens is 1. The Hall–Kier alpha value is -2.41. The number of benzene rings is 2. The molecule has 0 heterocycles. The molecule has 0 unspecified atom stereocenters. The van der Waals surface area contributed by atoms with Gasteiger partial charge in [-0.15, -0.1) is 0 Å². The molecule has 120 valence electrons. The van der Waals surface area contributed by atoms with Crippen molar-refractivity contribution >= 4 is 33.2 Å². The molecule has 2 rings (SSSR count). The molecule has 0 aliphatic rings. The maximum atomic E-state index is 12.0. The molecular weight excluding hydrogens is 364 g/mol. The highest BCUT2D eigenvalue weighted by molar-refractivity contribution is 9.10. The summed E-state index contributed by atoms with van der Waals surface area (Å²) >= 11 is 3.37. The molecule has 1 amide bonds. The van der Waals surface area contributed by atoms with E-state index < -0.39 is 4.92 Å². The summed E-state index contributed by atoms with van der Waals surface area (Å²) in [5.41, 5.74) is 1.84. The van der Waals surface area contributed by atoms with E-state index in [1.165, 1.54) is 12.1 Å². The zero-order valence-corrected chi connectivity index (χ0v) is 14.2. The monoisotopic (exact) mass is 378 g/mol. The Kier molecular flexibility index (Phi) is 5.33. The standard InChI is InChI=1S/C16H15BrN2O4/c1-10-6-7-15(12(17)8-10)23-9-16(20)18-13-4-3-5-14(11(13)2)19(21)22/h3-8H,9H2,1-2H3,(H,18,20). The predicted molar refractivity (Wildman–Crippen MR) is 90.8 cm³/mol. The molecule has 0 saturated carbocycles. The van der Waals surface area contributed by atoms with Crippen LogP contribution in [0.5, 0.6) is 5.75 Å². The number of aryl methyl sites for hydroxylation is 1. The molecular formula is C16H15BrN2O4. The maximum Gasteiger partial charge on any atom is 0.274 e. The van der Waals surface area contributed by atoms with Crippen LogP contribution in [-0.2, 0) is 4.79 Å². The van der Waals surface area contributed by atoms with Crippen molar-refractivity contribution in [3.63, 3.8) is 0 Å². The lowest BCUT2D eigenvalue weighted by Gasteiger charge is -2.11. The number of hydrogen-bond donors (Lipinski definition) is 1. The largest absolute Gasteiger partial charge is 0.483 e. The summed E-state index contributed by atoms with van der Waals surface area (Å²) in [6, 6.07) is 10.1. The summed E-state index contributed by atoms with van der Waals surface area (Å²) in [7, 11) is 0. The lowest BCUT2D eigenvalue weighted by molar-refractivity contribution is -0.385. The van der Waals surface area contributed by atoms with Crippen LogP contribution in [0, 0.1) is 24.0 Å². The average Bonchev–Trinajstić information content (AvgIpc) is 2.48.